The lowest BCUT2D eigenvalue weighted by atomic mass is 10.0. The first-order chi connectivity index (χ1) is 8.63. The van der Waals surface area contributed by atoms with Gasteiger partial charge in [-0.05, 0) is 32.2 Å². The van der Waals surface area contributed by atoms with Crippen molar-refractivity contribution in [1.29, 1.82) is 0 Å². The van der Waals surface area contributed by atoms with Crippen LogP contribution in [0, 0.1) is 5.92 Å². The fourth-order valence-corrected chi connectivity index (χ4v) is 2.69. The second-order valence-corrected chi connectivity index (χ2v) is 6.03. The van der Waals surface area contributed by atoms with Gasteiger partial charge in [0.2, 0.25) is 0 Å². The van der Waals surface area contributed by atoms with Gasteiger partial charge in [-0.2, -0.15) is 0 Å². The molecule has 0 aromatic heterocycles. The van der Waals surface area contributed by atoms with E-state index in [1.165, 1.54) is 32.2 Å². The van der Waals surface area contributed by atoms with Crippen molar-refractivity contribution in [2.24, 2.45) is 5.92 Å². The average molecular weight is 256 g/mol. The quantitative estimate of drug-likeness (QED) is 0.722. The minimum atomic E-state index is 0.579. The van der Waals surface area contributed by atoms with Crippen molar-refractivity contribution in [3.8, 4) is 0 Å². The van der Waals surface area contributed by atoms with Gasteiger partial charge >= 0.3 is 0 Å². The standard InChI is InChI=1S/C15H32N2O/c1-5-7-15(10-16-13(2)3)17(4)11-14-8-6-9-18-12-14/h13-16H,5-12H2,1-4H3. The first-order valence-corrected chi connectivity index (χ1v) is 7.64. The van der Waals surface area contributed by atoms with Crippen LogP contribution in [0.4, 0.5) is 0 Å². The second-order valence-electron chi connectivity index (χ2n) is 6.03. The topological polar surface area (TPSA) is 24.5 Å². The maximum Gasteiger partial charge on any atom is 0.0506 e. The van der Waals surface area contributed by atoms with E-state index in [-0.39, 0.29) is 0 Å². The first kappa shape index (κ1) is 15.9. The maximum atomic E-state index is 5.58. The highest BCUT2D eigenvalue weighted by atomic mass is 16.5. The first-order valence-electron chi connectivity index (χ1n) is 7.64. The lowest BCUT2D eigenvalue weighted by molar-refractivity contribution is 0.0353. The van der Waals surface area contributed by atoms with Gasteiger partial charge in [0.25, 0.3) is 0 Å². The van der Waals surface area contributed by atoms with Gasteiger partial charge in [0.05, 0.1) is 6.61 Å². The molecule has 0 aromatic rings. The van der Waals surface area contributed by atoms with Gasteiger partial charge in [0.1, 0.15) is 0 Å². The predicted octanol–water partition coefficient (Wildman–Crippen LogP) is 2.51. The van der Waals surface area contributed by atoms with Crippen molar-refractivity contribution in [1.82, 2.24) is 10.2 Å². The van der Waals surface area contributed by atoms with Crippen molar-refractivity contribution in [2.75, 3.05) is 33.4 Å². The monoisotopic (exact) mass is 256 g/mol. The van der Waals surface area contributed by atoms with Crippen molar-refractivity contribution in [3.05, 3.63) is 0 Å². The molecule has 0 aliphatic carbocycles. The van der Waals surface area contributed by atoms with Crippen LogP contribution in [0.1, 0.15) is 46.5 Å². The van der Waals surface area contributed by atoms with E-state index in [2.05, 4.69) is 38.0 Å². The molecule has 1 heterocycles. The minimum Gasteiger partial charge on any atom is -0.381 e. The summed E-state index contributed by atoms with van der Waals surface area (Å²) < 4.78 is 5.58. The Balaban J connectivity index is 2.34. The van der Waals surface area contributed by atoms with Gasteiger partial charge in [0, 0.05) is 31.8 Å². The molecule has 18 heavy (non-hydrogen) atoms. The number of likely N-dealkylation sites (N-methyl/N-ethyl adjacent to an activating group) is 1. The molecule has 2 unspecified atom stereocenters. The zero-order valence-corrected chi connectivity index (χ0v) is 12.7. The van der Waals surface area contributed by atoms with Gasteiger partial charge in [-0.15, -0.1) is 0 Å². The Morgan fingerprint density at radius 3 is 2.72 bits per heavy atom. The van der Waals surface area contributed by atoms with Crippen LogP contribution in [0.3, 0.4) is 0 Å². The highest BCUT2D eigenvalue weighted by molar-refractivity contribution is 4.76. The van der Waals surface area contributed by atoms with Gasteiger partial charge < -0.3 is 15.0 Å². The van der Waals surface area contributed by atoms with E-state index >= 15 is 0 Å². The SMILES string of the molecule is CCCC(CNC(C)C)N(C)CC1CCCOC1. The van der Waals surface area contributed by atoms with E-state index in [4.69, 9.17) is 4.74 Å². The third kappa shape index (κ3) is 6.17. The molecule has 1 N–H and O–H groups in total. The summed E-state index contributed by atoms with van der Waals surface area (Å²) in [5.41, 5.74) is 0. The van der Waals surface area contributed by atoms with E-state index in [9.17, 15) is 0 Å². The highest BCUT2D eigenvalue weighted by Crippen LogP contribution is 2.16. The zero-order chi connectivity index (χ0) is 13.4. The van der Waals surface area contributed by atoms with Crippen LogP contribution < -0.4 is 5.32 Å². The third-order valence-corrected chi connectivity index (χ3v) is 3.81. The minimum absolute atomic E-state index is 0.579. The Labute approximate surface area is 113 Å². The predicted molar refractivity (Wildman–Crippen MR) is 78.0 cm³/mol. The zero-order valence-electron chi connectivity index (χ0n) is 12.7. The van der Waals surface area contributed by atoms with Gasteiger partial charge in [-0.3, -0.25) is 0 Å². The molecule has 108 valence electrons. The number of rotatable bonds is 8. The van der Waals surface area contributed by atoms with Crippen LogP contribution in [-0.2, 0) is 4.74 Å². The number of hydrogen-bond donors (Lipinski definition) is 1. The van der Waals surface area contributed by atoms with E-state index in [1.54, 1.807) is 0 Å². The maximum absolute atomic E-state index is 5.58. The Kier molecular flexibility index (Phi) is 7.87. The Morgan fingerprint density at radius 1 is 1.39 bits per heavy atom. The third-order valence-electron chi connectivity index (χ3n) is 3.81. The van der Waals surface area contributed by atoms with E-state index in [0.29, 0.717) is 12.1 Å². The summed E-state index contributed by atoms with van der Waals surface area (Å²) in [6.45, 7) is 10.9. The lowest BCUT2D eigenvalue weighted by Crippen LogP contribution is -2.44. The molecule has 1 fully saturated rings. The van der Waals surface area contributed by atoms with Crippen LogP contribution in [-0.4, -0.2) is 50.3 Å². The van der Waals surface area contributed by atoms with Crippen LogP contribution >= 0.6 is 0 Å². The van der Waals surface area contributed by atoms with Crippen LogP contribution in [0.2, 0.25) is 0 Å². The summed E-state index contributed by atoms with van der Waals surface area (Å²) in [7, 11) is 2.27. The summed E-state index contributed by atoms with van der Waals surface area (Å²) in [5.74, 6) is 0.738. The van der Waals surface area contributed by atoms with Crippen LogP contribution in [0.15, 0.2) is 0 Å². The van der Waals surface area contributed by atoms with Gasteiger partial charge in [0.15, 0.2) is 0 Å². The molecule has 0 amide bonds. The molecule has 3 heteroatoms. The van der Waals surface area contributed by atoms with Crippen LogP contribution in [0.5, 0.6) is 0 Å². The molecule has 1 aliphatic rings. The number of nitrogens with one attached hydrogen (secondary N) is 1. The summed E-state index contributed by atoms with van der Waals surface area (Å²) in [6, 6.07) is 1.25. The van der Waals surface area contributed by atoms with E-state index < -0.39 is 0 Å². The summed E-state index contributed by atoms with van der Waals surface area (Å²) in [4.78, 5) is 2.54. The van der Waals surface area contributed by atoms with Crippen LogP contribution in [0.25, 0.3) is 0 Å². The second kappa shape index (κ2) is 8.89. The molecule has 1 aliphatic heterocycles. The molecular weight excluding hydrogens is 224 g/mol. The lowest BCUT2D eigenvalue weighted by Gasteiger charge is -2.33. The normalized spacial score (nSPS) is 22.7. The Morgan fingerprint density at radius 2 is 2.17 bits per heavy atom. The molecule has 0 radical (unpaired) electrons. The number of ether oxygens (including phenoxy) is 1. The molecule has 1 rings (SSSR count). The number of nitrogens with zero attached hydrogens (tertiary/aromatic N) is 1. The van der Waals surface area contributed by atoms with Crippen molar-refractivity contribution in [3.63, 3.8) is 0 Å². The van der Waals surface area contributed by atoms with E-state index in [1.807, 2.05) is 0 Å². The van der Waals surface area contributed by atoms with Crippen molar-refractivity contribution >= 4 is 0 Å². The highest BCUT2D eigenvalue weighted by Gasteiger charge is 2.20. The fourth-order valence-electron chi connectivity index (χ4n) is 2.69. The molecule has 0 spiro atoms. The largest absolute Gasteiger partial charge is 0.381 e. The molecular formula is C15H32N2O. The molecule has 1 saturated heterocycles. The molecule has 0 saturated carbocycles. The average Bonchev–Trinajstić information content (AvgIpc) is 2.35. The molecule has 0 aromatic carbocycles. The van der Waals surface area contributed by atoms with E-state index in [0.717, 1.165) is 25.7 Å². The number of hydrogen-bond acceptors (Lipinski definition) is 3. The smallest absolute Gasteiger partial charge is 0.0506 e. The molecule has 2 atom stereocenters. The molecule has 3 nitrogen and oxygen atoms in total. The summed E-state index contributed by atoms with van der Waals surface area (Å²) >= 11 is 0. The molecule has 0 bridgehead atoms. The Hall–Kier alpha value is -0.120. The van der Waals surface area contributed by atoms with Crippen molar-refractivity contribution < 1.29 is 4.74 Å². The van der Waals surface area contributed by atoms with Gasteiger partial charge in [-0.1, -0.05) is 27.2 Å². The Bertz CT molecular complexity index is 203. The fraction of sp³-hybridized carbons (Fsp3) is 1.00. The van der Waals surface area contributed by atoms with Crippen molar-refractivity contribution in [2.45, 2.75) is 58.5 Å². The summed E-state index contributed by atoms with van der Waals surface area (Å²) in [5, 5.41) is 3.58. The summed E-state index contributed by atoms with van der Waals surface area (Å²) in [6.07, 6.45) is 5.11. The van der Waals surface area contributed by atoms with Gasteiger partial charge in [-0.25, -0.2) is 0 Å².